The standard InChI is InChI=1S/C20H36N4O4/c1-20(2,3)28-19(25)24(15-7-8-15)10-9-22-18(21-4)23-11-13-27-17(14-23)16-6-5-12-26-16/h15-17H,5-14H2,1-4H3,(H,21,22). The lowest BCUT2D eigenvalue weighted by molar-refractivity contribution is -0.0817. The van der Waals surface area contributed by atoms with E-state index < -0.39 is 5.60 Å². The second kappa shape index (κ2) is 9.31. The monoisotopic (exact) mass is 396 g/mol. The van der Waals surface area contributed by atoms with E-state index in [2.05, 4.69) is 15.2 Å². The molecule has 2 atom stereocenters. The van der Waals surface area contributed by atoms with Gasteiger partial charge < -0.3 is 29.3 Å². The first-order valence-corrected chi connectivity index (χ1v) is 10.6. The third-order valence-corrected chi connectivity index (χ3v) is 5.24. The van der Waals surface area contributed by atoms with Crippen LogP contribution in [0.1, 0.15) is 46.5 Å². The van der Waals surface area contributed by atoms with Gasteiger partial charge in [0.2, 0.25) is 0 Å². The molecule has 8 heteroatoms. The molecule has 28 heavy (non-hydrogen) atoms. The molecular formula is C20H36N4O4. The van der Waals surface area contributed by atoms with Crippen molar-refractivity contribution >= 4 is 12.1 Å². The smallest absolute Gasteiger partial charge is 0.410 e. The van der Waals surface area contributed by atoms with Crippen LogP contribution in [0.5, 0.6) is 0 Å². The lowest BCUT2D eigenvalue weighted by Gasteiger charge is -2.37. The number of hydrogen-bond acceptors (Lipinski definition) is 5. The van der Waals surface area contributed by atoms with Gasteiger partial charge >= 0.3 is 6.09 Å². The van der Waals surface area contributed by atoms with Crippen LogP contribution in [-0.2, 0) is 14.2 Å². The fourth-order valence-corrected chi connectivity index (χ4v) is 3.74. The Morgan fingerprint density at radius 2 is 1.96 bits per heavy atom. The molecule has 160 valence electrons. The SMILES string of the molecule is CN=C(NCCN(C(=O)OC(C)(C)C)C1CC1)N1CCOC(C2CCCO2)C1. The lowest BCUT2D eigenvalue weighted by atomic mass is 10.1. The Kier molecular flexibility index (Phi) is 7.04. The van der Waals surface area contributed by atoms with Crippen LogP contribution in [0.15, 0.2) is 4.99 Å². The summed E-state index contributed by atoms with van der Waals surface area (Å²) in [6.07, 6.45) is 4.35. The van der Waals surface area contributed by atoms with Crippen molar-refractivity contribution in [3.05, 3.63) is 0 Å². The van der Waals surface area contributed by atoms with E-state index in [1.165, 1.54) is 0 Å². The number of morpholine rings is 1. The van der Waals surface area contributed by atoms with E-state index in [0.717, 1.165) is 51.3 Å². The topological polar surface area (TPSA) is 75.6 Å². The number of hydrogen-bond donors (Lipinski definition) is 1. The van der Waals surface area contributed by atoms with Crippen molar-refractivity contribution in [3.63, 3.8) is 0 Å². The van der Waals surface area contributed by atoms with Gasteiger partial charge in [0.25, 0.3) is 0 Å². The van der Waals surface area contributed by atoms with Gasteiger partial charge in [-0.2, -0.15) is 0 Å². The van der Waals surface area contributed by atoms with Crippen molar-refractivity contribution in [2.24, 2.45) is 4.99 Å². The highest BCUT2D eigenvalue weighted by molar-refractivity contribution is 5.80. The molecule has 3 fully saturated rings. The Morgan fingerprint density at radius 1 is 1.21 bits per heavy atom. The molecule has 2 unspecified atom stereocenters. The van der Waals surface area contributed by atoms with Crippen molar-refractivity contribution in [1.29, 1.82) is 0 Å². The number of aliphatic imine (C=N–C) groups is 1. The van der Waals surface area contributed by atoms with E-state index in [1.54, 1.807) is 7.05 Å². The van der Waals surface area contributed by atoms with Crippen molar-refractivity contribution in [1.82, 2.24) is 15.1 Å². The van der Waals surface area contributed by atoms with Gasteiger partial charge in [-0.25, -0.2) is 4.79 Å². The average molecular weight is 397 g/mol. The molecule has 0 aromatic heterocycles. The highest BCUT2D eigenvalue weighted by Gasteiger charge is 2.35. The number of amides is 1. The van der Waals surface area contributed by atoms with Crippen LogP contribution in [0.3, 0.4) is 0 Å². The zero-order valence-corrected chi connectivity index (χ0v) is 17.8. The zero-order chi connectivity index (χ0) is 20.1. The van der Waals surface area contributed by atoms with Gasteiger partial charge in [-0.05, 0) is 46.5 Å². The first-order chi connectivity index (χ1) is 13.4. The molecule has 2 heterocycles. The summed E-state index contributed by atoms with van der Waals surface area (Å²) in [5.41, 5.74) is -0.473. The second-order valence-electron chi connectivity index (χ2n) is 8.79. The molecule has 0 bridgehead atoms. The number of carbonyl (C=O) groups is 1. The molecule has 8 nitrogen and oxygen atoms in total. The van der Waals surface area contributed by atoms with Crippen LogP contribution in [0.2, 0.25) is 0 Å². The van der Waals surface area contributed by atoms with Crippen molar-refractivity contribution in [3.8, 4) is 0 Å². The second-order valence-corrected chi connectivity index (χ2v) is 8.79. The molecule has 1 saturated carbocycles. The Balaban J connectivity index is 1.48. The number of rotatable bonds is 5. The van der Waals surface area contributed by atoms with Crippen LogP contribution >= 0.6 is 0 Å². The summed E-state index contributed by atoms with van der Waals surface area (Å²) in [6.45, 7) is 10.1. The molecule has 3 aliphatic rings. The summed E-state index contributed by atoms with van der Waals surface area (Å²) in [7, 11) is 1.80. The van der Waals surface area contributed by atoms with E-state index >= 15 is 0 Å². The van der Waals surface area contributed by atoms with Gasteiger partial charge in [-0.3, -0.25) is 4.99 Å². The Hall–Kier alpha value is -1.54. The highest BCUT2D eigenvalue weighted by Crippen LogP contribution is 2.28. The summed E-state index contributed by atoms with van der Waals surface area (Å²) < 4.78 is 17.3. The molecule has 1 aliphatic carbocycles. The van der Waals surface area contributed by atoms with Crippen LogP contribution < -0.4 is 5.32 Å². The van der Waals surface area contributed by atoms with E-state index in [-0.39, 0.29) is 18.3 Å². The number of nitrogens with zero attached hydrogens (tertiary/aromatic N) is 3. The van der Waals surface area contributed by atoms with E-state index in [1.807, 2.05) is 25.7 Å². The molecular weight excluding hydrogens is 360 g/mol. The summed E-state index contributed by atoms with van der Waals surface area (Å²) >= 11 is 0. The zero-order valence-electron chi connectivity index (χ0n) is 17.8. The molecule has 0 aromatic rings. The fourth-order valence-electron chi connectivity index (χ4n) is 3.74. The van der Waals surface area contributed by atoms with Gasteiger partial charge in [0.15, 0.2) is 5.96 Å². The molecule has 2 aliphatic heterocycles. The maximum atomic E-state index is 12.5. The van der Waals surface area contributed by atoms with Gasteiger partial charge in [0, 0.05) is 45.9 Å². The van der Waals surface area contributed by atoms with Crippen LogP contribution in [0.4, 0.5) is 4.79 Å². The molecule has 0 spiro atoms. The normalized spacial score (nSPS) is 26.3. The van der Waals surface area contributed by atoms with E-state index in [4.69, 9.17) is 14.2 Å². The predicted molar refractivity (Wildman–Crippen MR) is 108 cm³/mol. The molecule has 1 amide bonds. The maximum absolute atomic E-state index is 12.5. The molecule has 2 saturated heterocycles. The third-order valence-electron chi connectivity index (χ3n) is 5.24. The number of ether oxygens (including phenoxy) is 3. The van der Waals surface area contributed by atoms with Crippen LogP contribution in [0.25, 0.3) is 0 Å². The van der Waals surface area contributed by atoms with E-state index in [9.17, 15) is 4.79 Å². The summed E-state index contributed by atoms with van der Waals surface area (Å²) in [6, 6.07) is 0.311. The minimum absolute atomic E-state index is 0.0968. The lowest BCUT2D eigenvalue weighted by Crippen LogP contribution is -2.54. The quantitative estimate of drug-likeness (QED) is 0.565. The molecule has 3 rings (SSSR count). The van der Waals surface area contributed by atoms with Crippen molar-refractivity contribution < 1.29 is 19.0 Å². The number of guanidine groups is 1. The van der Waals surface area contributed by atoms with Crippen LogP contribution in [0, 0.1) is 0 Å². The van der Waals surface area contributed by atoms with Gasteiger partial charge in [0.05, 0.1) is 12.7 Å². The van der Waals surface area contributed by atoms with Crippen molar-refractivity contribution in [2.75, 3.05) is 46.4 Å². The van der Waals surface area contributed by atoms with Crippen LogP contribution in [-0.4, -0.2) is 92.1 Å². The van der Waals surface area contributed by atoms with Gasteiger partial charge in [0.1, 0.15) is 11.7 Å². The Labute approximate surface area is 168 Å². The highest BCUT2D eigenvalue weighted by atomic mass is 16.6. The Bertz CT molecular complexity index is 553. The number of nitrogens with one attached hydrogen (secondary N) is 1. The first-order valence-electron chi connectivity index (χ1n) is 10.6. The van der Waals surface area contributed by atoms with E-state index in [0.29, 0.717) is 25.7 Å². The minimum Gasteiger partial charge on any atom is -0.444 e. The first kappa shape index (κ1) is 21.2. The van der Waals surface area contributed by atoms with Crippen molar-refractivity contribution in [2.45, 2.75) is 70.3 Å². The fraction of sp³-hybridized carbons (Fsp3) is 0.900. The largest absolute Gasteiger partial charge is 0.444 e. The maximum Gasteiger partial charge on any atom is 0.410 e. The van der Waals surface area contributed by atoms with Gasteiger partial charge in [-0.1, -0.05) is 0 Å². The summed E-state index contributed by atoms with van der Waals surface area (Å²) in [4.78, 5) is 21.0. The Morgan fingerprint density at radius 3 is 2.57 bits per heavy atom. The number of carbonyl (C=O) groups excluding carboxylic acids is 1. The summed E-state index contributed by atoms with van der Waals surface area (Å²) in [5.74, 6) is 0.853. The predicted octanol–water partition coefficient (Wildman–Crippen LogP) is 1.84. The van der Waals surface area contributed by atoms with Gasteiger partial charge in [-0.15, -0.1) is 0 Å². The molecule has 1 N–H and O–H groups in total. The summed E-state index contributed by atoms with van der Waals surface area (Å²) in [5, 5.41) is 3.41. The molecule has 0 radical (unpaired) electrons. The molecule has 0 aromatic carbocycles. The average Bonchev–Trinajstić information content (AvgIpc) is 3.32. The third kappa shape index (κ3) is 5.98. The minimum atomic E-state index is -0.473.